The first-order valence-corrected chi connectivity index (χ1v) is 5.92. The maximum atomic E-state index is 10.0. The molecule has 2 aromatic rings. The number of nitrogens with zero attached hydrogens (tertiary/aromatic N) is 2. The van der Waals surface area contributed by atoms with Crippen LogP contribution in [0.3, 0.4) is 0 Å². The van der Waals surface area contributed by atoms with Crippen molar-refractivity contribution in [1.82, 2.24) is 10.1 Å². The number of rotatable bonds is 4. The summed E-state index contributed by atoms with van der Waals surface area (Å²) in [5.41, 5.74) is 6.69. The zero-order chi connectivity index (χ0) is 13.1. The van der Waals surface area contributed by atoms with Crippen LogP contribution in [0.25, 0.3) is 11.5 Å². The lowest BCUT2D eigenvalue weighted by Gasteiger charge is -2.18. The highest BCUT2D eigenvalue weighted by Crippen LogP contribution is 2.22. The Labute approximate surface area is 118 Å². The topological polar surface area (TPSA) is 85.2 Å². The molecule has 6 heteroatoms. The Bertz CT molecular complexity index is 502. The molecule has 1 aromatic carbocycles. The van der Waals surface area contributed by atoms with Crippen molar-refractivity contribution >= 4 is 12.4 Å². The fourth-order valence-corrected chi connectivity index (χ4v) is 1.59. The van der Waals surface area contributed by atoms with Crippen LogP contribution in [0.1, 0.15) is 25.8 Å². The van der Waals surface area contributed by atoms with Crippen molar-refractivity contribution in [3.05, 3.63) is 36.2 Å². The molecule has 19 heavy (non-hydrogen) atoms. The molecular weight excluding hydrogens is 266 g/mol. The number of halogens is 1. The van der Waals surface area contributed by atoms with E-state index in [1.165, 1.54) is 0 Å². The molecule has 3 N–H and O–H groups in total. The monoisotopic (exact) mass is 283 g/mol. The van der Waals surface area contributed by atoms with Gasteiger partial charge >= 0.3 is 0 Å². The minimum atomic E-state index is -0.911. The lowest BCUT2D eigenvalue weighted by molar-refractivity contribution is 0.114. The predicted molar refractivity (Wildman–Crippen MR) is 74.8 cm³/mol. The molecule has 0 bridgehead atoms. The van der Waals surface area contributed by atoms with Gasteiger partial charge in [-0.1, -0.05) is 37.2 Å². The number of aromatic nitrogens is 2. The molecular formula is C13H18ClN3O2. The summed E-state index contributed by atoms with van der Waals surface area (Å²) in [6.07, 6.45) is -0.911. The third-order valence-corrected chi connectivity index (χ3v) is 2.86. The summed E-state index contributed by atoms with van der Waals surface area (Å²) in [5.74, 6) is 0.759. The van der Waals surface area contributed by atoms with Gasteiger partial charge in [0.05, 0.1) is 0 Å². The van der Waals surface area contributed by atoms with E-state index in [4.69, 9.17) is 10.3 Å². The molecule has 0 aliphatic heterocycles. The molecule has 104 valence electrons. The van der Waals surface area contributed by atoms with Crippen LogP contribution in [-0.2, 0) is 0 Å². The Morgan fingerprint density at radius 3 is 2.42 bits per heavy atom. The van der Waals surface area contributed by atoms with E-state index in [1.807, 2.05) is 44.2 Å². The number of hydrogen-bond donors (Lipinski definition) is 2. The lowest BCUT2D eigenvalue weighted by atomic mass is 9.99. The number of aliphatic hydroxyl groups is 1. The molecule has 0 fully saturated rings. The molecule has 1 unspecified atom stereocenters. The Morgan fingerprint density at radius 2 is 1.84 bits per heavy atom. The third kappa shape index (κ3) is 3.53. The molecule has 2 atom stereocenters. The van der Waals surface area contributed by atoms with Crippen molar-refractivity contribution in [2.75, 3.05) is 0 Å². The first-order valence-electron chi connectivity index (χ1n) is 5.92. The minimum absolute atomic E-state index is 0. The Morgan fingerprint density at radius 1 is 1.21 bits per heavy atom. The summed E-state index contributed by atoms with van der Waals surface area (Å²) in [4.78, 5) is 4.18. The minimum Gasteiger partial charge on any atom is -0.383 e. The highest BCUT2D eigenvalue weighted by Gasteiger charge is 2.25. The van der Waals surface area contributed by atoms with Crippen molar-refractivity contribution in [2.24, 2.45) is 11.7 Å². The maximum Gasteiger partial charge on any atom is 0.258 e. The van der Waals surface area contributed by atoms with E-state index < -0.39 is 12.1 Å². The van der Waals surface area contributed by atoms with Crippen LogP contribution in [0.5, 0.6) is 0 Å². The van der Waals surface area contributed by atoms with E-state index in [-0.39, 0.29) is 24.1 Å². The van der Waals surface area contributed by atoms with Gasteiger partial charge in [0.25, 0.3) is 5.89 Å². The fourth-order valence-electron chi connectivity index (χ4n) is 1.59. The molecule has 0 spiro atoms. The quantitative estimate of drug-likeness (QED) is 0.898. The number of nitrogens with two attached hydrogens (primary N) is 1. The van der Waals surface area contributed by atoms with Crippen molar-refractivity contribution in [3.8, 4) is 11.5 Å². The van der Waals surface area contributed by atoms with Crippen molar-refractivity contribution < 1.29 is 9.63 Å². The third-order valence-electron chi connectivity index (χ3n) is 2.86. The summed E-state index contributed by atoms with van der Waals surface area (Å²) in [5, 5.41) is 13.8. The summed E-state index contributed by atoms with van der Waals surface area (Å²) < 4.78 is 5.13. The van der Waals surface area contributed by atoms with Crippen LogP contribution in [0.2, 0.25) is 0 Å². The van der Waals surface area contributed by atoms with Crippen molar-refractivity contribution in [1.29, 1.82) is 0 Å². The van der Waals surface area contributed by atoms with E-state index in [1.54, 1.807) is 0 Å². The molecule has 0 aliphatic carbocycles. The molecule has 0 amide bonds. The van der Waals surface area contributed by atoms with Crippen LogP contribution in [-0.4, -0.2) is 21.3 Å². The van der Waals surface area contributed by atoms with Gasteiger partial charge in [-0.25, -0.2) is 0 Å². The first-order chi connectivity index (χ1) is 8.59. The van der Waals surface area contributed by atoms with E-state index in [0.29, 0.717) is 5.89 Å². The zero-order valence-electron chi connectivity index (χ0n) is 10.9. The van der Waals surface area contributed by atoms with Gasteiger partial charge < -0.3 is 15.4 Å². The second kappa shape index (κ2) is 6.65. The number of aliphatic hydroxyl groups excluding tert-OH is 1. The van der Waals surface area contributed by atoms with E-state index >= 15 is 0 Å². The van der Waals surface area contributed by atoms with Crippen LogP contribution in [0.4, 0.5) is 0 Å². The second-order valence-electron chi connectivity index (χ2n) is 4.59. The molecule has 0 saturated carbocycles. The molecule has 2 rings (SSSR count). The molecule has 0 radical (unpaired) electrons. The van der Waals surface area contributed by atoms with Crippen molar-refractivity contribution in [2.45, 2.75) is 26.0 Å². The normalized spacial score (nSPS) is 13.9. The molecule has 1 aromatic heterocycles. The maximum absolute atomic E-state index is 10.0. The summed E-state index contributed by atoms with van der Waals surface area (Å²) >= 11 is 0. The van der Waals surface area contributed by atoms with Gasteiger partial charge in [-0.15, -0.1) is 12.4 Å². The summed E-state index contributed by atoms with van der Waals surface area (Å²) in [7, 11) is 0. The number of benzene rings is 1. The van der Waals surface area contributed by atoms with Gasteiger partial charge in [0.15, 0.2) is 0 Å². The highest BCUT2D eigenvalue weighted by molar-refractivity contribution is 5.85. The fraction of sp³-hybridized carbons (Fsp3) is 0.385. The Kier molecular flexibility index (Phi) is 5.47. The SMILES string of the molecule is CC(C)[C@H](N)C(O)c1noc(-c2ccccc2)n1.Cl. The molecule has 0 saturated heterocycles. The lowest BCUT2D eigenvalue weighted by Crippen LogP contribution is -2.34. The average Bonchev–Trinajstić information content (AvgIpc) is 2.87. The van der Waals surface area contributed by atoms with E-state index in [9.17, 15) is 5.11 Å². The van der Waals surface area contributed by atoms with Gasteiger partial charge in [0, 0.05) is 11.6 Å². The highest BCUT2D eigenvalue weighted by atomic mass is 35.5. The van der Waals surface area contributed by atoms with Crippen LogP contribution in [0.15, 0.2) is 34.9 Å². The smallest absolute Gasteiger partial charge is 0.258 e. The van der Waals surface area contributed by atoms with E-state index in [0.717, 1.165) is 5.56 Å². The van der Waals surface area contributed by atoms with Crippen molar-refractivity contribution in [3.63, 3.8) is 0 Å². The molecule has 0 aliphatic rings. The van der Waals surface area contributed by atoms with Gasteiger partial charge in [0.1, 0.15) is 6.10 Å². The van der Waals surface area contributed by atoms with Gasteiger partial charge in [0.2, 0.25) is 5.82 Å². The predicted octanol–water partition coefficient (Wildman–Crippen LogP) is 2.18. The Hall–Kier alpha value is -1.43. The number of hydrogen-bond acceptors (Lipinski definition) is 5. The van der Waals surface area contributed by atoms with E-state index in [2.05, 4.69) is 10.1 Å². The van der Waals surface area contributed by atoms with Gasteiger partial charge in [-0.3, -0.25) is 0 Å². The Balaban J connectivity index is 0.00000180. The first kappa shape index (κ1) is 15.6. The zero-order valence-corrected chi connectivity index (χ0v) is 11.7. The van der Waals surface area contributed by atoms with Gasteiger partial charge in [-0.2, -0.15) is 4.98 Å². The van der Waals surface area contributed by atoms with Crippen LogP contribution >= 0.6 is 12.4 Å². The molecule has 1 heterocycles. The average molecular weight is 284 g/mol. The largest absolute Gasteiger partial charge is 0.383 e. The van der Waals surface area contributed by atoms with Crippen LogP contribution < -0.4 is 5.73 Å². The standard InChI is InChI=1S/C13H17N3O2.ClH/c1-8(2)10(14)11(17)12-15-13(18-16-12)9-6-4-3-5-7-9;/h3-8,10-11,17H,14H2,1-2H3;1H/t10-,11?;/m0./s1. The second-order valence-corrected chi connectivity index (χ2v) is 4.59. The van der Waals surface area contributed by atoms with Crippen LogP contribution in [0, 0.1) is 5.92 Å². The summed E-state index contributed by atoms with van der Waals surface area (Å²) in [6, 6.07) is 9.00. The summed E-state index contributed by atoms with van der Waals surface area (Å²) in [6.45, 7) is 3.87. The molecule has 5 nitrogen and oxygen atoms in total. The van der Waals surface area contributed by atoms with Gasteiger partial charge in [-0.05, 0) is 18.1 Å².